The molecule has 0 aromatic heterocycles. The highest BCUT2D eigenvalue weighted by Gasteiger charge is 2.17. The molecular weight excluding hydrogens is 178 g/mol. The zero-order valence-corrected chi connectivity index (χ0v) is 7.02. The standard InChI is InChI=1S/C5H11N5O3/c1-2-13-5(11)3(9-12)4(6)8-10-7/h10,12H,2,7H2,1H3,(H2,6,8)/b9-3-. The minimum Gasteiger partial charge on any atom is -0.461 e. The van der Waals surface area contributed by atoms with Crippen LogP contribution < -0.4 is 17.1 Å². The van der Waals surface area contributed by atoms with Gasteiger partial charge in [-0.25, -0.2) is 16.2 Å². The molecule has 0 saturated heterocycles. The molecule has 6 N–H and O–H groups in total. The summed E-state index contributed by atoms with van der Waals surface area (Å²) in [7, 11) is 0. The number of amidine groups is 1. The van der Waals surface area contributed by atoms with E-state index >= 15 is 0 Å². The third-order valence-corrected chi connectivity index (χ3v) is 0.996. The summed E-state index contributed by atoms with van der Waals surface area (Å²) in [4.78, 5) is 10.9. The van der Waals surface area contributed by atoms with Crippen LogP contribution in [0.3, 0.4) is 0 Å². The predicted molar refractivity (Wildman–Crippen MR) is 44.8 cm³/mol. The Morgan fingerprint density at radius 2 is 2.31 bits per heavy atom. The van der Waals surface area contributed by atoms with Gasteiger partial charge in [-0.05, 0) is 6.92 Å². The zero-order valence-electron chi connectivity index (χ0n) is 7.02. The van der Waals surface area contributed by atoms with Crippen LogP contribution in [0.1, 0.15) is 6.92 Å². The topological polar surface area (TPSA) is 135 Å². The van der Waals surface area contributed by atoms with E-state index in [1.807, 2.05) is 5.53 Å². The summed E-state index contributed by atoms with van der Waals surface area (Å²) in [5.74, 6) is 3.56. The molecule has 0 aromatic rings. The van der Waals surface area contributed by atoms with E-state index in [1.54, 1.807) is 6.92 Å². The Hall–Kier alpha value is -1.83. The molecule has 0 fully saturated rings. The van der Waals surface area contributed by atoms with Gasteiger partial charge in [-0.2, -0.15) is 0 Å². The molecule has 8 heteroatoms. The van der Waals surface area contributed by atoms with Crippen LogP contribution in [0.15, 0.2) is 10.3 Å². The lowest BCUT2D eigenvalue weighted by molar-refractivity contribution is -0.134. The molecule has 0 aliphatic rings. The number of carbonyl (C=O) groups excluding carboxylic acids is 1. The maximum atomic E-state index is 10.9. The highest BCUT2D eigenvalue weighted by molar-refractivity contribution is 6.64. The number of hydrazine groups is 1. The number of carbonyl (C=O) groups is 1. The maximum absolute atomic E-state index is 10.9. The third kappa shape index (κ3) is 3.38. The van der Waals surface area contributed by atoms with Crippen LogP contribution in [0.5, 0.6) is 0 Å². The molecule has 13 heavy (non-hydrogen) atoms. The Morgan fingerprint density at radius 1 is 1.69 bits per heavy atom. The minimum absolute atomic E-state index is 0.140. The van der Waals surface area contributed by atoms with Crippen LogP contribution >= 0.6 is 0 Å². The van der Waals surface area contributed by atoms with Crippen molar-refractivity contribution in [1.82, 2.24) is 5.53 Å². The van der Waals surface area contributed by atoms with E-state index in [2.05, 4.69) is 15.0 Å². The fourth-order valence-electron chi connectivity index (χ4n) is 0.519. The van der Waals surface area contributed by atoms with Gasteiger partial charge in [-0.3, -0.25) is 0 Å². The lowest BCUT2D eigenvalue weighted by atomic mass is 10.3. The molecule has 0 spiro atoms. The fraction of sp³-hybridized carbons (Fsp3) is 0.400. The zero-order chi connectivity index (χ0) is 10.3. The van der Waals surface area contributed by atoms with E-state index in [0.29, 0.717) is 0 Å². The second-order valence-electron chi connectivity index (χ2n) is 1.80. The Morgan fingerprint density at radius 3 is 2.69 bits per heavy atom. The number of nitrogens with two attached hydrogens (primary N) is 2. The number of esters is 1. The Kier molecular flexibility index (Phi) is 4.96. The largest absolute Gasteiger partial charge is 0.461 e. The van der Waals surface area contributed by atoms with Crippen LogP contribution in [0.2, 0.25) is 0 Å². The Balaban J connectivity index is 4.53. The summed E-state index contributed by atoms with van der Waals surface area (Å²) in [6.45, 7) is 1.74. The molecule has 74 valence electrons. The molecule has 0 heterocycles. The highest BCUT2D eigenvalue weighted by atomic mass is 16.5. The van der Waals surface area contributed by atoms with E-state index in [4.69, 9.17) is 16.8 Å². The normalized spacial score (nSPS) is 12.5. The lowest BCUT2D eigenvalue weighted by Gasteiger charge is -2.02. The average Bonchev–Trinajstić information content (AvgIpc) is 2.06. The number of hydrogen-bond donors (Lipinski definition) is 4. The number of oxime groups is 1. The lowest BCUT2D eigenvalue weighted by Crippen LogP contribution is -2.35. The smallest absolute Gasteiger partial charge is 0.364 e. The molecule has 0 bridgehead atoms. The summed E-state index contributed by atoms with van der Waals surface area (Å²) in [5, 5.41) is 14.2. The van der Waals surface area contributed by atoms with Crippen molar-refractivity contribution in [1.29, 1.82) is 0 Å². The van der Waals surface area contributed by atoms with Gasteiger partial charge in [0.25, 0.3) is 0 Å². The summed E-state index contributed by atoms with van der Waals surface area (Å²) < 4.78 is 4.50. The molecule has 0 amide bonds. The number of hydrogen-bond acceptors (Lipinski definition) is 7. The van der Waals surface area contributed by atoms with Crippen molar-refractivity contribution in [3.05, 3.63) is 0 Å². The first-order valence-electron chi connectivity index (χ1n) is 3.35. The SMILES string of the molecule is CCOC(=O)C(=N\O)/C(N)=N/NN. The van der Waals surface area contributed by atoms with Crippen molar-refractivity contribution in [2.45, 2.75) is 6.92 Å². The average molecular weight is 189 g/mol. The maximum Gasteiger partial charge on any atom is 0.364 e. The number of nitrogens with one attached hydrogen (secondary N) is 1. The van der Waals surface area contributed by atoms with Gasteiger partial charge in [0.1, 0.15) is 0 Å². The van der Waals surface area contributed by atoms with E-state index < -0.39 is 11.7 Å². The Labute approximate surface area is 74.2 Å². The van der Waals surface area contributed by atoms with E-state index in [0.717, 1.165) is 0 Å². The molecular formula is C5H11N5O3. The fourth-order valence-corrected chi connectivity index (χ4v) is 0.519. The second kappa shape index (κ2) is 5.77. The quantitative estimate of drug-likeness (QED) is 0.102. The molecule has 0 aliphatic carbocycles. The number of ether oxygens (including phenoxy) is 1. The van der Waals surface area contributed by atoms with Crippen LogP contribution in [-0.4, -0.2) is 29.3 Å². The Bertz CT molecular complexity index is 236. The molecule has 0 radical (unpaired) electrons. The van der Waals surface area contributed by atoms with Crippen LogP contribution in [0, 0.1) is 0 Å². The van der Waals surface area contributed by atoms with Crippen molar-refractivity contribution in [2.24, 2.45) is 21.8 Å². The first kappa shape index (κ1) is 11.2. The van der Waals surface area contributed by atoms with Gasteiger partial charge in [-0.1, -0.05) is 5.16 Å². The molecule has 0 aromatic carbocycles. The highest BCUT2D eigenvalue weighted by Crippen LogP contribution is 1.85. The van der Waals surface area contributed by atoms with Gasteiger partial charge < -0.3 is 15.7 Å². The van der Waals surface area contributed by atoms with Gasteiger partial charge in [-0.15, -0.1) is 5.10 Å². The molecule has 0 aliphatic heterocycles. The number of rotatable bonds is 4. The summed E-state index contributed by atoms with van der Waals surface area (Å²) in [5.41, 5.74) is 6.53. The van der Waals surface area contributed by atoms with E-state index in [9.17, 15) is 4.79 Å². The predicted octanol–water partition coefficient (Wildman–Crippen LogP) is -1.88. The second-order valence-corrected chi connectivity index (χ2v) is 1.80. The molecule has 0 atom stereocenters. The van der Waals surface area contributed by atoms with Gasteiger partial charge in [0.15, 0.2) is 5.84 Å². The molecule has 0 unspecified atom stereocenters. The van der Waals surface area contributed by atoms with Gasteiger partial charge >= 0.3 is 5.97 Å². The van der Waals surface area contributed by atoms with Gasteiger partial charge in [0, 0.05) is 0 Å². The van der Waals surface area contributed by atoms with E-state index in [1.165, 1.54) is 0 Å². The number of hydrazone groups is 1. The van der Waals surface area contributed by atoms with Crippen LogP contribution in [-0.2, 0) is 9.53 Å². The van der Waals surface area contributed by atoms with Crippen molar-refractivity contribution >= 4 is 17.5 Å². The van der Waals surface area contributed by atoms with Crippen molar-refractivity contribution in [3.8, 4) is 0 Å². The minimum atomic E-state index is -0.874. The first-order valence-corrected chi connectivity index (χ1v) is 3.35. The van der Waals surface area contributed by atoms with Crippen molar-refractivity contribution in [2.75, 3.05) is 6.61 Å². The molecule has 0 rings (SSSR count). The van der Waals surface area contributed by atoms with Crippen molar-refractivity contribution < 1.29 is 14.7 Å². The first-order chi connectivity index (χ1) is 6.17. The third-order valence-electron chi connectivity index (χ3n) is 0.996. The molecule has 8 nitrogen and oxygen atoms in total. The monoisotopic (exact) mass is 189 g/mol. The summed E-state index contributed by atoms with van der Waals surface area (Å²) in [6, 6.07) is 0. The summed E-state index contributed by atoms with van der Waals surface area (Å²) in [6.07, 6.45) is 0. The van der Waals surface area contributed by atoms with Crippen molar-refractivity contribution in [3.63, 3.8) is 0 Å². The van der Waals surface area contributed by atoms with E-state index in [-0.39, 0.29) is 12.4 Å². The van der Waals surface area contributed by atoms with Gasteiger partial charge in [0.05, 0.1) is 6.61 Å². The van der Waals surface area contributed by atoms with Gasteiger partial charge in [0.2, 0.25) is 5.71 Å². The number of nitrogens with zero attached hydrogens (tertiary/aromatic N) is 2. The van der Waals surface area contributed by atoms with Crippen LogP contribution in [0.4, 0.5) is 0 Å². The summed E-state index contributed by atoms with van der Waals surface area (Å²) >= 11 is 0. The molecule has 0 saturated carbocycles. The van der Waals surface area contributed by atoms with Crippen LogP contribution in [0.25, 0.3) is 0 Å².